The molecule has 0 saturated heterocycles. The predicted octanol–water partition coefficient (Wildman–Crippen LogP) is 5.37. The number of hydrogen-bond acceptors (Lipinski definition) is 4. The molecule has 1 N–H and O–H groups in total. The van der Waals surface area contributed by atoms with Crippen molar-refractivity contribution in [3.63, 3.8) is 0 Å². The topological polar surface area (TPSA) is 62.8 Å². The highest BCUT2D eigenvalue weighted by molar-refractivity contribution is 5.95. The standard InChI is InChI=1S/C17H14F4N4O/c1-8(2)7-25-10-6-4-3-5-9(10)13(17(25)26)23-24-14-11(18)15(20)22-16(21)12(14)19/h3-6,8,26H,7H2,1-2H3. The van der Waals surface area contributed by atoms with Gasteiger partial charge in [0.25, 0.3) is 11.9 Å². The van der Waals surface area contributed by atoms with Crippen molar-refractivity contribution in [3.05, 3.63) is 47.8 Å². The van der Waals surface area contributed by atoms with Crippen LogP contribution in [0.5, 0.6) is 5.88 Å². The molecule has 0 radical (unpaired) electrons. The average Bonchev–Trinajstić information content (AvgIpc) is 2.85. The second-order valence-corrected chi connectivity index (χ2v) is 6.06. The molecule has 3 aromatic rings. The quantitative estimate of drug-likeness (QED) is 0.383. The first-order chi connectivity index (χ1) is 12.3. The summed E-state index contributed by atoms with van der Waals surface area (Å²) in [6.07, 6.45) is 0. The predicted molar refractivity (Wildman–Crippen MR) is 86.7 cm³/mol. The van der Waals surface area contributed by atoms with Gasteiger partial charge in [-0.25, -0.2) is 0 Å². The number of rotatable bonds is 4. The molecule has 0 spiro atoms. The first-order valence-corrected chi connectivity index (χ1v) is 7.73. The molecule has 0 unspecified atom stereocenters. The Bertz CT molecular complexity index is 988. The second-order valence-electron chi connectivity index (χ2n) is 6.06. The summed E-state index contributed by atoms with van der Waals surface area (Å²) in [6, 6.07) is 6.82. The number of hydrogen-bond donors (Lipinski definition) is 1. The Balaban J connectivity index is 2.16. The number of nitrogens with zero attached hydrogens (tertiary/aromatic N) is 4. The summed E-state index contributed by atoms with van der Waals surface area (Å²) in [5.74, 6) is -7.26. The summed E-state index contributed by atoms with van der Waals surface area (Å²) in [4.78, 5) is 2.45. The van der Waals surface area contributed by atoms with Gasteiger partial charge >= 0.3 is 0 Å². The summed E-state index contributed by atoms with van der Waals surface area (Å²) < 4.78 is 55.3. The van der Waals surface area contributed by atoms with Crippen LogP contribution < -0.4 is 0 Å². The zero-order valence-electron chi connectivity index (χ0n) is 13.8. The molecule has 2 aromatic heterocycles. The molecule has 1 aromatic carbocycles. The number of azo groups is 1. The van der Waals surface area contributed by atoms with Crippen molar-refractivity contribution in [3.8, 4) is 5.88 Å². The van der Waals surface area contributed by atoms with Crippen LogP contribution in [0.1, 0.15) is 13.8 Å². The van der Waals surface area contributed by atoms with Gasteiger partial charge in [0.1, 0.15) is 0 Å². The molecular weight excluding hydrogens is 352 g/mol. The number of pyridine rings is 1. The van der Waals surface area contributed by atoms with Gasteiger partial charge in [0.05, 0.1) is 5.52 Å². The molecular formula is C17H14F4N4O. The van der Waals surface area contributed by atoms with Crippen molar-refractivity contribution in [2.75, 3.05) is 0 Å². The number of para-hydroxylation sites is 1. The minimum absolute atomic E-state index is 0.0577. The highest BCUT2D eigenvalue weighted by Gasteiger charge is 2.22. The Morgan fingerprint density at radius 3 is 2.19 bits per heavy atom. The van der Waals surface area contributed by atoms with E-state index in [0.29, 0.717) is 17.4 Å². The summed E-state index contributed by atoms with van der Waals surface area (Å²) in [6.45, 7) is 4.36. The van der Waals surface area contributed by atoms with E-state index in [1.807, 2.05) is 13.8 Å². The molecule has 0 bridgehead atoms. The van der Waals surface area contributed by atoms with Crippen LogP contribution in [0.2, 0.25) is 0 Å². The third kappa shape index (κ3) is 3.00. The lowest BCUT2D eigenvalue weighted by Gasteiger charge is -2.09. The molecule has 0 fully saturated rings. The molecule has 0 aliphatic rings. The van der Waals surface area contributed by atoms with Crippen molar-refractivity contribution in [2.45, 2.75) is 20.4 Å². The minimum atomic E-state index is -1.83. The minimum Gasteiger partial charge on any atom is -0.493 e. The van der Waals surface area contributed by atoms with Gasteiger partial charge in [0.15, 0.2) is 11.4 Å². The fourth-order valence-corrected chi connectivity index (χ4v) is 2.58. The molecule has 3 rings (SSSR count). The number of aromatic hydroxyl groups is 1. The van der Waals surface area contributed by atoms with Gasteiger partial charge in [-0.2, -0.15) is 22.5 Å². The van der Waals surface area contributed by atoms with E-state index in [1.54, 1.807) is 28.8 Å². The number of benzene rings is 1. The van der Waals surface area contributed by atoms with E-state index in [2.05, 4.69) is 15.2 Å². The fourth-order valence-electron chi connectivity index (χ4n) is 2.58. The summed E-state index contributed by atoms with van der Waals surface area (Å²) in [5.41, 5.74) is -0.673. The van der Waals surface area contributed by atoms with E-state index >= 15 is 0 Å². The van der Waals surface area contributed by atoms with Crippen molar-refractivity contribution in [1.82, 2.24) is 9.55 Å². The summed E-state index contributed by atoms with van der Waals surface area (Å²) in [5, 5.41) is 17.9. The summed E-state index contributed by atoms with van der Waals surface area (Å²) in [7, 11) is 0. The lowest BCUT2D eigenvalue weighted by molar-refractivity contribution is 0.400. The van der Waals surface area contributed by atoms with Crippen LogP contribution in [0.15, 0.2) is 34.5 Å². The first kappa shape index (κ1) is 17.8. The van der Waals surface area contributed by atoms with Crippen molar-refractivity contribution in [2.24, 2.45) is 16.1 Å². The van der Waals surface area contributed by atoms with Gasteiger partial charge in [-0.15, -0.1) is 10.2 Å². The Hall–Kier alpha value is -2.97. The molecule has 2 heterocycles. The number of fused-ring (bicyclic) bond motifs is 1. The molecule has 0 aliphatic carbocycles. The molecule has 0 saturated carbocycles. The molecule has 9 heteroatoms. The summed E-state index contributed by atoms with van der Waals surface area (Å²) >= 11 is 0. The Morgan fingerprint density at radius 2 is 1.58 bits per heavy atom. The third-order valence-electron chi connectivity index (χ3n) is 3.69. The highest BCUT2D eigenvalue weighted by atomic mass is 19.2. The maximum absolute atomic E-state index is 13.7. The first-order valence-electron chi connectivity index (χ1n) is 7.73. The van der Waals surface area contributed by atoms with E-state index < -0.39 is 29.2 Å². The van der Waals surface area contributed by atoms with Crippen LogP contribution in [0.3, 0.4) is 0 Å². The smallest absolute Gasteiger partial charge is 0.254 e. The van der Waals surface area contributed by atoms with E-state index in [4.69, 9.17) is 0 Å². The van der Waals surface area contributed by atoms with E-state index in [-0.39, 0.29) is 17.5 Å². The Morgan fingerprint density at radius 1 is 1.00 bits per heavy atom. The second kappa shape index (κ2) is 6.74. The maximum Gasteiger partial charge on any atom is 0.254 e. The van der Waals surface area contributed by atoms with E-state index in [9.17, 15) is 22.7 Å². The van der Waals surface area contributed by atoms with Gasteiger partial charge in [-0.1, -0.05) is 32.0 Å². The van der Waals surface area contributed by atoms with Crippen LogP contribution in [-0.4, -0.2) is 14.7 Å². The SMILES string of the molecule is CC(C)Cn1c(O)c(N=Nc2c(F)c(F)nc(F)c2F)c2ccccc21. The Kier molecular flexibility index (Phi) is 4.62. The normalized spacial score (nSPS) is 12.0. The van der Waals surface area contributed by atoms with E-state index in [0.717, 1.165) is 0 Å². The lowest BCUT2D eigenvalue weighted by atomic mass is 10.2. The zero-order chi connectivity index (χ0) is 19.0. The van der Waals surface area contributed by atoms with Crippen molar-refractivity contribution < 1.29 is 22.7 Å². The van der Waals surface area contributed by atoms with Gasteiger partial charge in [-0.05, 0) is 12.0 Å². The van der Waals surface area contributed by atoms with Gasteiger partial charge < -0.3 is 9.67 Å². The largest absolute Gasteiger partial charge is 0.493 e. The Labute approximate surface area is 145 Å². The van der Waals surface area contributed by atoms with Gasteiger partial charge in [0.2, 0.25) is 17.5 Å². The van der Waals surface area contributed by atoms with Crippen molar-refractivity contribution >= 4 is 22.3 Å². The maximum atomic E-state index is 13.7. The molecule has 0 amide bonds. The third-order valence-corrected chi connectivity index (χ3v) is 3.69. The van der Waals surface area contributed by atoms with Crippen LogP contribution in [0.25, 0.3) is 10.9 Å². The van der Waals surface area contributed by atoms with Crippen molar-refractivity contribution in [1.29, 1.82) is 0 Å². The molecule has 136 valence electrons. The monoisotopic (exact) mass is 366 g/mol. The lowest BCUT2D eigenvalue weighted by Crippen LogP contribution is -2.03. The highest BCUT2D eigenvalue weighted by Crippen LogP contribution is 2.40. The average molecular weight is 366 g/mol. The number of halogens is 4. The van der Waals surface area contributed by atoms with Crippen LogP contribution in [0.4, 0.5) is 28.9 Å². The van der Waals surface area contributed by atoms with Crippen LogP contribution in [0, 0.1) is 29.4 Å². The number of aromatic nitrogens is 2. The zero-order valence-corrected chi connectivity index (χ0v) is 13.8. The van der Waals surface area contributed by atoms with Crippen LogP contribution >= 0.6 is 0 Å². The molecule has 5 nitrogen and oxygen atoms in total. The fraction of sp³-hybridized carbons (Fsp3) is 0.235. The van der Waals surface area contributed by atoms with E-state index in [1.165, 1.54) is 0 Å². The van der Waals surface area contributed by atoms with Gasteiger partial charge in [-0.3, -0.25) is 0 Å². The molecule has 0 aliphatic heterocycles. The molecule has 0 atom stereocenters. The molecule has 26 heavy (non-hydrogen) atoms. The van der Waals surface area contributed by atoms with Crippen LogP contribution in [-0.2, 0) is 6.54 Å². The van der Waals surface area contributed by atoms with Gasteiger partial charge in [0, 0.05) is 11.9 Å².